The van der Waals surface area contributed by atoms with Crippen molar-refractivity contribution in [2.24, 2.45) is 5.41 Å². The van der Waals surface area contributed by atoms with E-state index in [0.717, 1.165) is 13.2 Å². The van der Waals surface area contributed by atoms with E-state index in [4.69, 9.17) is 9.84 Å². The molecule has 1 atom stereocenters. The van der Waals surface area contributed by atoms with Crippen molar-refractivity contribution in [2.75, 3.05) is 19.8 Å². The Morgan fingerprint density at radius 1 is 1.58 bits per heavy atom. The number of nitrogens with one attached hydrogen (secondary N) is 1. The van der Waals surface area contributed by atoms with Gasteiger partial charge in [-0.1, -0.05) is 13.8 Å². The average Bonchev–Trinajstić information content (AvgIpc) is 1.94. The van der Waals surface area contributed by atoms with Gasteiger partial charge in [-0.3, -0.25) is 5.32 Å². The molecule has 0 aromatic heterocycles. The second kappa shape index (κ2) is 5.02. The zero-order valence-corrected chi connectivity index (χ0v) is 8.49. The summed E-state index contributed by atoms with van der Waals surface area (Å²) in [4.78, 5) is 0. The maximum Gasteiger partial charge on any atom is 0.110 e. The Hall–Kier alpha value is 0.170. The first kappa shape index (κ1) is 12.2. The van der Waals surface area contributed by atoms with Crippen LogP contribution >= 0.6 is 12.4 Å². The van der Waals surface area contributed by atoms with Gasteiger partial charge < -0.3 is 9.84 Å². The van der Waals surface area contributed by atoms with Crippen LogP contribution in [0.25, 0.3) is 0 Å². The van der Waals surface area contributed by atoms with Crippen molar-refractivity contribution in [1.29, 1.82) is 0 Å². The van der Waals surface area contributed by atoms with Gasteiger partial charge in [0.25, 0.3) is 0 Å². The van der Waals surface area contributed by atoms with E-state index in [1.54, 1.807) is 0 Å². The molecule has 0 amide bonds. The normalized spacial score (nSPS) is 27.8. The first-order valence-electron chi connectivity index (χ1n) is 4.10. The van der Waals surface area contributed by atoms with Gasteiger partial charge in [0.15, 0.2) is 0 Å². The topological polar surface area (TPSA) is 41.5 Å². The number of rotatable bonds is 2. The van der Waals surface area contributed by atoms with E-state index in [1.165, 1.54) is 0 Å². The lowest BCUT2D eigenvalue weighted by Gasteiger charge is -2.35. The third kappa shape index (κ3) is 3.72. The van der Waals surface area contributed by atoms with Crippen molar-refractivity contribution in [3.63, 3.8) is 0 Å². The Labute approximate surface area is 79.9 Å². The van der Waals surface area contributed by atoms with Crippen molar-refractivity contribution < 1.29 is 9.84 Å². The molecule has 1 saturated heterocycles. The molecule has 1 aliphatic heterocycles. The summed E-state index contributed by atoms with van der Waals surface area (Å²) in [6.45, 7) is 6.27. The van der Waals surface area contributed by atoms with Crippen LogP contribution in [-0.4, -0.2) is 31.1 Å². The van der Waals surface area contributed by atoms with Gasteiger partial charge >= 0.3 is 0 Å². The van der Waals surface area contributed by atoms with E-state index in [0.29, 0.717) is 6.42 Å². The number of halogens is 1. The lowest BCUT2D eigenvalue weighted by Crippen LogP contribution is -2.47. The summed E-state index contributed by atoms with van der Waals surface area (Å²) in [6.07, 6.45) is 0.754. The monoisotopic (exact) mass is 195 g/mol. The number of hydrogen-bond acceptors (Lipinski definition) is 3. The van der Waals surface area contributed by atoms with E-state index in [9.17, 15) is 0 Å². The molecule has 0 aromatic rings. The first-order chi connectivity index (χ1) is 5.14. The first-order valence-corrected chi connectivity index (χ1v) is 4.10. The summed E-state index contributed by atoms with van der Waals surface area (Å²) in [5.74, 6) is 0. The summed E-state index contributed by atoms with van der Waals surface area (Å²) in [6, 6.07) is 0. The van der Waals surface area contributed by atoms with E-state index in [-0.39, 0.29) is 30.7 Å². The average molecular weight is 196 g/mol. The summed E-state index contributed by atoms with van der Waals surface area (Å²) < 4.78 is 5.46. The third-order valence-corrected chi connectivity index (χ3v) is 1.87. The van der Waals surface area contributed by atoms with Gasteiger partial charge in [0, 0.05) is 25.0 Å². The quantitative estimate of drug-likeness (QED) is 0.684. The smallest absolute Gasteiger partial charge is 0.110 e. The van der Waals surface area contributed by atoms with E-state index < -0.39 is 0 Å². The van der Waals surface area contributed by atoms with Gasteiger partial charge in [-0.25, -0.2) is 0 Å². The summed E-state index contributed by atoms with van der Waals surface area (Å²) in [7, 11) is 0. The SMILES string of the molecule is CC1(C)CNC(CCO)OC1.Cl. The van der Waals surface area contributed by atoms with Crippen molar-refractivity contribution in [2.45, 2.75) is 26.5 Å². The third-order valence-electron chi connectivity index (χ3n) is 1.87. The Bertz CT molecular complexity index is 120. The minimum atomic E-state index is 0. The molecule has 1 aliphatic rings. The van der Waals surface area contributed by atoms with Crippen LogP contribution in [0.2, 0.25) is 0 Å². The molecule has 0 bridgehead atoms. The van der Waals surface area contributed by atoms with Crippen LogP contribution in [0.5, 0.6) is 0 Å². The highest BCUT2D eigenvalue weighted by Crippen LogP contribution is 2.19. The number of aliphatic hydroxyl groups is 1. The molecule has 0 saturated carbocycles. The lowest BCUT2D eigenvalue weighted by molar-refractivity contribution is -0.0658. The van der Waals surface area contributed by atoms with Crippen molar-refractivity contribution in [1.82, 2.24) is 5.32 Å². The molecule has 4 heteroatoms. The van der Waals surface area contributed by atoms with Crippen LogP contribution in [0.15, 0.2) is 0 Å². The Balaban J connectivity index is 0.00000121. The minimum absolute atomic E-state index is 0. The van der Waals surface area contributed by atoms with Crippen molar-refractivity contribution in [3.05, 3.63) is 0 Å². The predicted molar refractivity (Wildman–Crippen MR) is 50.5 cm³/mol. The molecule has 1 unspecified atom stereocenters. The molecule has 0 spiro atoms. The second-order valence-electron chi connectivity index (χ2n) is 3.86. The molecule has 1 rings (SSSR count). The molecular weight excluding hydrogens is 178 g/mol. The van der Waals surface area contributed by atoms with Crippen LogP contribution < -0.4 is 5.32 Å². The van der Waals surface area contributed by atoms with Gasteiger partial charge in [0.05, 0.1) is 6.61 Å². The van der Waals surface area contributed by atoms with Gasteiger partial charge in [0.1, 0.15) is 6.23 Å². The van der Waals surface area contributed by atoms with Gasteiger partial charge in [-0.2, -0.15) is 0 Å². The van der Waals surface area contributed by atoms with Gasteiger partial charge in [-0.05, 0) is 0 Å². The van der Waals surface area contributed by atoms with E-state index >= 15 is 0 Å². The number of ether oxygens (including phenoxy) is 1. The maximum absolute atomic E-state index is 8.63. The van der Waals surface area contributed by atoms with E-state index in [1.807, 2.05) is 0 Å². The highest BCUT2D eigenvalue weighted by molar-refractivity contribution is 5.85. The highest BCUT2D eigenvalue weighted by atomic mass is 35.5. The van der Waals surface area contributed by atoms with Crippen LogP contribution in [0, 0.1) is 5.41 Å². The summed E-state index contributed by atoms with van der Waals surface area (Å²) in [5.41, 5.74) is 0.242. The summed E-state index contributed by atoms with van der Waals surface area (Å²) >= 11 is 0. The molecular formula is C8H18ClNO2. The Kier molecular flexibility index (Phi) is 5.09. The molecule has 2 N–H and O–H groups in total. The van der Waals surface area contributed by atoms with Gasteiger partial charge in [-0.15, -0.1) is 12.4 Å². The van der Waals surface area contributed by atoms with Crippen LogP contribution in [0.4, 0.5) is 0 Å². The number of aliphatic hydroxyl groups excluding tert-OH is 1. The summed E-state index contributed by atoms with van der Waals surface area (Å²) in [5, 5.41) is 11.9. The predicted octanol–water partition coefficient (Wildman–Crippen LogP) is 0.763. The minimum Gasteiger partial charge on any atom is -0.396 e. The molecule has 74 valence electrons. The number of hydrogen-bond donors (Lipinski definition) is 2. The molecule has 0 aliphatic carbocycles. The largest absolute Gasteiger partial charge is 0.396 e. The molecule has 1 fully saturated rings. The second-order valence-corrected chi connectivity index (χ2v) is 3.86. The van der Waals surface area contributed by atoms with Crippen LogP contribution in [0.3, 0.4) is 0 Å². The fourth-order valence-electron chi connectivity index (χ4n) is 1.13. The van der Waals surface area contributed by atoms with Crippen molar-refractivity contribution in [3.8, 4) is 0 Å². The van der Waals surface area contributed by atoms with Crippen LogP contribution in [-0.2, 0) is 4.74 Å². The lowest BCUT2D eigenvalue weighted by atomic mass is 9.93. The molecule has 0 radical (unpaired) electrons. The van der Waals surface area contributed by atoms with Gasteiger partial charge in [0.2, 0.25) is 0 Å². The van der Waals surface area contributed by atoms with E-state index in [2.05, 4.69) is 19.2 Å². The molecule has 3 nitrogen and oxygen atoms in total. The maximum atomic E-state index is 8.63. The fourth-order valence-corrected chi connectivity index (χ4v) is 1.13. The Morgan fingerprint density at radius 2 is 2.25 bits per heavy atom. The molecule has 1 heterocycles. The standard InChI is InChI=1S/C8H17NO2.ClH/c1-8(2)5-9-7(3-4-10)11-6-8;/h7,9-10H,3-6H2,1-2H3;1H. The zero-order chi connectivity index (χ0) is 8.32. The fraction of sp³-hybridized carbons (Fsp3) is 1.00. The highest BCUT2D eigenvalue weighted by Gasteiger charge is 2.26. The zero-order valence-electron chi connectivity index (χ0n) is 7.67. The van der Waals surface area contributed by atoms with Crippen molar-refractivity contribution >= 4 is 12.4 Å². The van der Waals surface area contributed by atoms with Crippen LogP contribution in [0.1, 0.15) is 20.3 Å². The molecule has 12 heavy (non-hydrogen) atoms. The molecule has 0 aromatic carbocycles. The Morgan fingerprint density at radius 3 is 2.67 bits per heavy atom.